The number of nitrogens with zero attached hydrogens (tertiary/aromatic N) is 4. The van der Waals surface area contributed by atoms with Gasteiger partial charge < -0.3 is 40.2 Å². The highest BCUT2D eigenvalue weighted by Crippen LogP contribution is 2.52. The fourth-order valence-corrected chi connectivity index (χ4v) is 10.6. The van der Waals surface area contributed by atoms with Gasteiger partial charge in [-0.1, -0.05) is 31.5 Å². The van der Waals surface area contributed by atoms with Crippen molar-refractivity contribution in [2.75, 3.05) is 32.1 Å². The fraction of sp³-hybridized carbons (Fsp3) is 0.591. The molecule has 1 unspecified atom stereocenters. The van der Waals surface area contributed by atoms with Gasteiger partial charge in [0.2, 0.25) is 11.8 Å². The summed E-state index contributed by atoms with van der Waals surface area (Å²) in [7, 11) is 1.62. The van der Waals surface area contributed by atoms with Gasteiger partial charge in [-0.15, -0.1) is 11.3 Å². The average molecular weight is 914 g/mol. The van der Waals surface area contributed by atoms with E-state index in [1.807, 2.05) is 26.2 Å². The van der Waals surface area contributed by atoms with Gasteiger partial charge in [-0.3, -0.25) is 14.5 Å². The summed E-state index contributed by atoms with van der Waals surface area (Å²) in [5, 5.41) is 22.0. The number of carboxylic acids is 1. The number of nitrogens with one attached hydrogen (secondary N) is 3. The lowest BCUT2D eigenvalue weighted by molar-refractivity contribution is -0.145. The van der Waals surface area contributed by atoms with Gasteiger partial charge in [-0.05, 0) is 89.0 Å². The first kappa shape index (κ1) is 44.8. The van der Waals surface area contributed by atoms with E-state index in [9.17, 15) is 33.1 Å². The van der Waals surface area contributed by atoms with E-state index in [-0.39, 0.29) is 73.3 Å². The standard InChI is InChI=1S/C44H54ClF2N7O8S/c1-7-25-15-44(25,40(57)58)52-38(55)32-13-28(17-54(32)39(56)36(21(2)3)51-42(59)62-27-11-23-10-24(23)12-27)61-34-14-30(31-19-63-41(50-31)48-22(4)5)49-37-29(34)8-9-33(35(37)45)60-18-26-16-43(46,47)20-53(26)6/h8-9,14,19,22-28,32,36H,2,7,10-13,15-18,20H2,1,3-6H3,(H,48,50)(H,51,59)(H,52,55)(H,57,58)/t23-,24+,25-,26+,27?,28-,32+,36+,44-/m1/s1. The Labute approximate surface area is 373 Å². The highest BCUT2D eigenvalue weighted by Gasteiger charge is 2.61. The molecule has 2 aliphatic heterocycles. The van der Waals surface area contributed by atoms with Crippen LogP contribution in [0.2, 0.25) is 5.02 Å². The van der Waals surface area contributed by atoms with E-state index in [0.29, 0.717) is 51.5 Å². The Kier molecular flexibility index (Phi) is 12.3. The van der Waals surface area contributed by atoms with E-state index >= 15 is 0 Å². The van der Waals surface area contributed by atoms with Crippen LogP contribution in [0.25, 0.3) is 22.3 Å². The summed E-state index contributed by atoms with van der Waals surface area (Å²) in [4.78, 5) is 66.9. The van der Waals surface area contributed by atoms with Crippen molar-refractivity contribution < 1.29 is 47.3 Å². The van der Waals surface area contributed by atoms with Crippen LogP contribution < -0.4 is 25.4 Å². The monoisotopic (exact) mass is 913 g/mol. The van der Waals surface area contributed by atoms with Gasteiger partial charge >= 0.3 is 12.1 Å². The predicted octanol–water partition coefficient (Wildman–Crippen LogP) is 6.74. The van der Waals surface area contributed by atoms with Gasteiger partial charge in [-0.2, -0.15) is 0 Å². The number of likely N-dealkylation sites (tertiary alicyclic amines) is 2. The zero-order valence-electron chi connectivity index (χ0n) is 35.9. The molecule has 1 aromatic carbocycles. The number of halogens is 3. The number of ether oxygens (including phenoxy) is 3. The van der Waals surface area contributed by atoms with Gasteiger partial charge in [-0.25, -0.2) is 28.3 Å². The molecule has 3 aliphatic carbocycles. The fourth-order valence-electron chi connectivity index (χ4n) is 9.45. The maximum absolute atomic E-state index is 14.5. The first-order valence-corrected chi connectivity index (χ1v) is 22.8. The van der Waals surface area contributed by atoms with Crippen molar-refractivity contribution in [3.63, 3.8) is 0 Å². The molecule has 15 nitrogen and oxygen atoms in total. The number of alkyl halides is 2. The van der Waals surface area contributed by atoms with Crippen LogP contribution in [0.15, 0.2) is 35.7 Å². The van der Waals surface area contributed by atoms with Gasteiger partial charge in [0.25, 0.3) is 5.92 Å². The zero-order chi connectivity index (χ0) is 45.1. The number of fused-ring (bicyclic) bond motifs is 2. The third kappa shape index (κ3) is 9.39. The van der Waals surface area contributed by atoms with Crippen LogP contribution in [0.5, 0.6) is 11.5 Å². The molecule has 8 rings (SSSR count). The van der Waals surface area contributed by atoms with Gasteiger partial charge in [0.05, 0.1) is 24.3 Å². The Bertz CT molecular complexity index is 2310. The minimum Gasteiger partial charge on any atom is -0.490 e. The molecule has 9 atom stereocenters. The van der Waals surface area contributed by atoms with Crippen molar-refractivity contribution in [2.45, 2.75) is 120 Å². The Morgan fingerprint density at radius 2 is 1.81 bits per heavy atom. The number of hydrogen-bond acceptors (Lipinski definition) is 12. The van der Waals surface area contributed by atoms with E-state index < -0.39 is 59.6 Å². The number of carbonyl (C=O) groups excluding carboxylic acids is 3. The van der Waals surface area contributed by atoms with Crippen LogP contribution in [0.1, 0.15) is 72.6 Å². The SMILES string of the molecule is C=C(C)[C@H](NC(=O)OC1C[C@@H]2C[C@@H]2C1)C(=O)N1C[C@H](Oc2cc(-c3csc(NC(C)C)n3)nc3c(Cl)c(OC[C@@H]4CC(F)(F)CN4C)ccc23)C[C@H]1C(=O)N[C@]1(C(=O)O)C[C@H]1CC. The summed E-state index contributed by atoms with van der Waals surface area (Å²) in [5.74, 6) is -3.88. The van der Waals surface area contributed by atoms with Crippen molar-refractivity contribution in [3.05, 3.63) is 40.8 Å². The second-order valence-electron chi connectivity index (χ2n) is 18.3. The van der Waals surface area contributed by atoms with Crippen LogP contribution in [0.4, 0.5) is 18.7 Å². The van der Waals surface area contributed by atoms with Gasteiger partial charge in [0.15, 0.2) is 5.13 Å². The van der Waals surface area contributed by atoms with Crippen LogP contribution in [-0.2, 0) is 19.1 Å². The molecule has 2 aromatic heterocycles. The second kappa shape index (κ2) is 17.3. The summed E-state index contributed by atoms with van der Waals surface area (Å²) >= 11 is 8.40. The third-order valence-corrected chi connectivity index (χ3v) is 14.2. The number of carbonyl (C=O) groups is 4. The molecule has 3 amide bonds. The van der Waals surface area contributed by atoms with Crippen molar-refractivity contribution >= 4 is 62.8 Å². The number of pyridine rings is 1. The van der Waals surface area contributed by atoms with Crippen LogP contribution in [-0.4, -0.2) is 123 Å². The zero-order valence-corrected chi connectivity index (χ0v) is 37.5. The number of benzene rings is 1. The Morgan fingerprint density at radius 1 is 1.06 bits per heavy atom. The van der Waals surface area contributed by atoms with Crippen LogP contribution in [0, 0.1) is 17.8 Å². The lowest BCUT2D eigenvalue weighted by Crippen LogP contribution is -2.56. The number of rotatable bonds is 16. The lowest BCUT2D eigenvalue weighted by atomic mass is 10.1. The second-order valence-corrected chi connectivity index (χ2v) is 19.5. The first-order valence-electron chi connectivity index (χ1n) is 21.6. The third-order valence-electron chi connectivity index (χ3n) is 13.0. The van der Waals surface area contributed by atoms with Gasteiger partial charge in [0.1, 0.15) is 58.7 Å². The van der Waals surface area contributed by atoms with Crippen LogP contribution in [0.3, 0.4) is 0 Å². The average Bonchev–Trinajstić information content (AvgIpc) is 3.79. The normalized spacial score (nSPS) is 28.7. The molecule has 19 heteroatoms. The highest BCUT2D eigenvalue weighted by atomic mass is 35.5. The smallest absolute Gasteiger partial charge is 0.408 e. The van der Waals surface area contributed by atoms with Crippen LogP contribution >= 0.6 is 22.9 Å². The number of carboxylic acid groups (broad SMARTS) is 1. The molecule has 63 heavy (non-hydrogen) atoms. The highest BCUT2D eigenvalue weighted by molar-refractivity contribution is 7.14. The minimum absolute atomic E-state index is 0.0327. The number of aliphatic carboxylic acids is 1. The van der Waals surface area contributed by atoms with E-state index in [0.717, 1.165) is 19.3 Å². The minimum atomic E-state index is -2.83. The molecule has 340 valence electrons. The quantitative estimate of drug-likeness (QED) is 0.111. The molecule has 0 bridgehead atoms. The number of anilines is 1. The van der Waals surface area contributed by atoms with E-state index in [1.165, 1.54) is 16.2 Å². The van der Waals surface area contributed by atoms with Crippen molar-refractivity contribution in [1.82, 2.24) is 30.4 Å². The topological polar surface area (TPSA) is 185 Å². The summed E-state index contributed by atoms with van der Waals surface area (Å²) in [6.45, 7) is 10.9. The molecular weight excluding hydrogens is 860 g/mol. The first-order chi connectivity index (χ1) is 29.8. The molecule has 4 heterocycles. The number of hydrogen-bond donors (Lipinski definition) is 4. The van der Waals surface area contributed by atoms with Gasteiger partial charge in [0, 0.05) is 41.8 Å². The molecule has 5 aliphatic rings. The number of thiazole rings is 1. The molecule has 3 saturated carbocycles. The predicted molar refractivity (Wildman–Crippen MR) is 232 cm³/mol. The Morgan fingerprint density at radius 3 is 2.44 bits per heavy atom. The maximum atomic E-state index is 14.5. The summed E-state index contributed by atoms with van der Waals surface area (Å²) in [5.41, 5.74) is 0.0382. The van der Waals surface area contributed by atoms with Crippen molar-refractivity contribution in [1.29, 1.82) is 0 Å². The van der Waals surface area contributed by atoms with E-state index in [4.69, 9.17) is 35.8 Å². The molecular formula is C44H54ClF2N7O8S. The number of likely N-dealkylation sites (N-methyl/N-ethyl adjacent to an activating group) is 1. The van der Waals surface area contributed by atoms with E-state index in [2.05, 4.69) is 22.5 Å². The maximum Gasteiger partial charge on any atom is 0.408 e. The van der Waals surface area contributed by atoms with Crippen molar-refractivity contribution in [3.8, 4) is 22.9 Å². The van der Waals surface area contributed by atoms with Crippen molar-refractivity contribution in [2.24, 2.45) is 17.8 Å². The lowest BCUT2D eigenvalue weighted by Gasteiger charge is -2.29. The number of amides is 3. The summed E-state index contributed by atoms with van der Waals surface area (Å²) in [6, 6.07) is 2.14. The molecule has 0 spiro atoms. The molecule has 2 saturated heterocycles. The molecule has 0 radical (unpaired) electrons. The molecule has 4 N–H and O–H groups in total. The Balaban J connectivity index is 1.09. The largest absolute Gasteiger partial charge is 0.490 e. The summed E-state index contributed by atoms with van der Waals surface area (Å²) < 4.78 is 46.8. The number of alkyl carbamates (subject to hydrolysis) is 1. The summed E-state index contributed by atoms with van der Waals surface area (Å²) in [6.07, 6.45) is 1.28. The Hall–Kier alpha value is -4.81. The molecule has 5 fully saturated rings. The number of aromatic nitrogens is 2. The van der Waals surface area contributed by atoms with E-state index in [1.54, 1.807) is 37.1 Å². The molecule has 3 aromatic rings.